The molecule has 0 spiro atoms. The summed E-state index contributed by atoms with van der Waals surface area (Å²) in [5, 5.41) is 15.3. The van der Waals surface area contributed by atoms with Crippen molar-refractivity contribution < 1.29 is 9.90 Å². The first-order chi connectivity index (χ1) is 10.1. The predicted octanol–water partition coefficient (Wildman–Crippen LogP) is 2.65. The standard InChI is InChI=1S/C17H14N2O2/c1-11-10-15(19-12-6-3-2-4-7-12)13-8-5-9-14(17(20)21)16(13)18-11/h2-10H,1H3,(H,18,19)(H,20,21)/p-1. The summed E-state index contributed by atoms with van der Waals surface area (Å²) in [7, 11) is 0. The fourth-order valence-corrected chi connectivity index (χ4v) is 2.32. The number of aromatic carboxylic acids is 1. The molecule has 104 valence electrons. The van der Waals surface area contributed by atoms with Gasteiger partial charge >= 0.3 is 0 Å². The highest BCUT2D eigenvalue weighted by molar-refractivity contribution is 6.05. The van der Waals surface area contributed by atoms with Crippen LogP contribution in [0.4, 0.5) is 11.4 Å². The van der Waals surface area contributed by atoms with Crippen LogP contribution in [0.25, 0.3) is 10.9 Å². The van der Waals surface area contributed by atoms with Crippen molar-refractivity contribution in [1.82, 2.24) is 4.98 Å². The number of anilines is 2. The number of aromatic nitrogens is 1. The number of rotatable bonds is 3. The van der Waals surface area contributed by atoms with Gasteiger partial charge in [-0.05, 0) is 25.1 Å². The number of fused-ring (bicyclic) bond motifs is 1. The molecule has 0 saturated heterocycles. The second kappa shape index (κ2) is 5.25. The van der Waals surface area contributed by atoms with E-state index in [2.05, 4.69) is 10.3 Å². The second-order valence-corrected chi connectivity index (χ2v) is 4.79. The van der Waals surface area contributed by atoms with Crippen LogP contribution in [0.3, 0.4) is 0 Å². The van der Waals surface area contributed by atoms with Crippen LogP contribution in [0, 0.1) is 6.92 Å². The van der Waals surface area contributed by atoms with Crippen LogP contribution < -0.4 is 10.4 Å². The molecule has 0 saturated carbocycles. The van der Waals surface area contributed by atoms with Crippen LogP contribution in [-0.2, 0) is 0 Å². The molecule has 0 unspecified atom stereocenters. The lowest BCUT2D eigenvalue weighted by atomic mass is 10.1. The highest BCUT2D eigenvalue weighted by Gasteiger charge is 2.09. The van der Waals surface area contributed by atoms with Gasteiger partial charge in [0.2, 0.25) is 0 Å². The Bertz CT molecular complexity index is 814. The van der Waals surface area contributed by atoms with Crippen LogP contribution in [-0.4, -0.2) is 11.0 Å². The molecule has 1 N–H and O–H groups in total. The molecule has 4 heteroatoms. The molecule has 0 fully saturated rings. The Hall–Kier alpha value is -2.88. The summed E-state index contributed by atoms with van der Waals surface area (Å²) >= 11 is 0. The van der Waals surface area contributed by atoms with E-state index in [4.69, 9.17) is 0 Å². The summed E-state index contributed by atoms with van der Waals surface area (Å²) in [5.41, 5.74) is 3.05. The minimum atomic E-state index is -1.22. The molecule has 1 aromatic heterocycles. The van der Waals surface area contributed by atoms with Gasteiger partial charge in [-0.15, -0.1) is 0 Å². The molecule has 2 aromatic carbocycles. The summed E-state index contributed by atoms with van der Waals surface area (Å²) in [6.07, 6.45) is 0. The van der Waals surface area contributed by atoms with Gasteiger partial charge in [0.25, 0.3) is 0 Å². The van der Waals surface area contributed by atoms with Crippen LogP contribution in [0.1, 0.15) is 16.1 Å². The van der Waals surface area contributed by atoms with E-state index in [9.17, 15) is 9.90 Å². The second-order valence-electron chi connectivity index (χ2n) is 4.79. The number of pyridine rings is 1. The van der Waals surface area contributed by atoms with Crippen LogP contribution >= 0.6 is 0 Å². The van der Waals surface area contributed by atoms with Gasteiger partial charge in [-0.1, -0.05) is 36.4 Å². The Kier molecular flexibility index (Phi) is 3.28. The van der Waals surface area contributed by atoms with Crippen molar-refractivity contribution in [3.63, 3.8) is 0 Å². The number of carbonyl (C=O) groups excluding carboxylic acids is 1. The van der Waals surface area contributed by atoms with Crippen LogP contribution in [0.15, 0.2) is 54.6 Å². The Morgan fingerprint density at radius 3 is 2.57 bits per heavy atom. The van der Waals surface area contributed by atoms with Gasteiger partial charge in [0, 0.05) is 28.0 Å². The van der Waals surface area contributed by atoms with Crippen molar-refractivity contribution in [2.75, 3.05) is 5.32 Å². The molecule has 0 aliphatic heterocycles. The molecule has 0 aliphatic carbocycles. The predicted molar refractivity (Wildman–Crippen MR) is 80.5 cm³/mol. The van der Waals surface area contributed by atoms with E-state index in [1.54, 1.807) is 6.07 Å². The number of hydrogen-bond donors (Lipinski definition) is 1. The minimum Gasteiger partial charge on any atom is -0.545 e. The molecule has 0 atom stereocenters. The third-order valence-corrected chi connectivity index (χ3v) is 3.24. The minimum absolute atomic E-state index is 0.104. The van der Waals surface area contributed by atoms with E-state index < -0.39 is 5.97 Å². The van der Waals surface area contributed by atoms with Crippen molar-refractivity contribution in [3.05, 3.63) is 65.9 Å². The van der Waals surface area contributed by atoms with Crippen molar-refractivity contribution in [2.24, 2.45) is 0 Å². The molecule has 0 amide bonds. The third kappa shape index (κ3) is 2.56. The van der Waals surface area contributed by atoms with Gasteiger partial charge in [0.05, 0.1) is 11.5 Å². The van der Waals surface area contributed by atoms with Crippen molar-refractivity contribution in [2.45, 2.75) is 6.92 Å². The number of carboxylic acid groups (broad SMARTS) is 1. The Balaban J connectivity index is 2.19. The first-order valence-electron chi connectivity index (χ1n) is 6.59. The van der Waals surface area contributed by atoms with Gasteiger partial charge in [0.15, 0.2) is 0 Å². The quantitative estimate of drug-likeness (QED) is 0.799. The molecule has 21 heavy (non-hydrogen) atoms. The Morgan fingerprint density at radius 1 is 1.10 bits per heavy atom. The maximum absolute atomic E-state index is 11.2. The molecule has 0 aliphatic rings. The molecule has 1 heterocycles. The normalized spacial score (nSPS) is 10.5. The number of hydrogen-bond acceptors (Lipinski definition) is 4. The van der Waals surface area contributed by atoms with Crippen molar-refractivity contribution in [3.8, 4) is 0 Å². The lowest BCUT2D eigenvalue weighted by Crippen LogP contribution is -2.22. The number of aryl methyl sites for hydroxylation is 1. The molecule has 3 aromatic rings. The smallest absolute Gasteiger partial charge is 0.0816 e. The Labute approximate surface area is 122 Å². The summed E-state index contributed by atoms with van der Waals surface area (Å²) in [5.74, 6) is -1.22. The van der Waals surface area contributed by atoms with Crippen molar-refractivity contribution in [1.29, 1.82) is 0 Å². The first-order valence-corrected chi connectivity index (χ1v) is 6.59. The zero-order valence-corrected chi connectivity index (χ0v) is 11.5. The van der Waals surface area contributed by atoms with Crippen LogP contribution in [0.5, 0.6) is 0 Å². The maximum atomic E-state index is 11.2. The van der Waals surface area contributed by atoms with E-state index in [1.165, 1.54) is 6.07 Å². The fourth-order valence-electron chi connectivity index (χ4n) is 2.32. The molecular formula is C17H13N2O2-. The highest BCUT2D eigenvalue weighted by Crippen LogP contribution is 2.28. The zero-order valence-electron chi connectivity index (χ0n) is 11.5. The average Bonchev–Trinajstić information content (AvgIpc) is 2.47. The maximum Gasteiger partial charge on any atom is 0.0816 e. The van der Waals surface area contributed by atoms with Gasteiger partial charge in [-0.3, -0.25) is 4.98 Å². The molecule has 3 rings (SSSR count). The summed E-state index contributed by atoms with van der Waals surface area (Å²) in [6.45, 7) is 1.83. The summed E-state index contributed by atoms with van der Waals surface area (Å²) in [4.78, 5) is 15.6. The number of nitrogens with zero attached hydrogens (tertiary/aromatic N) is 1. The van der Waals surface area contributed by atoms with Gasteiger partial charge in [0.1, 0.15) is 0 Å². The highest BCUT2D eigenvalue weighted by atomic mass is 16.4. The average molecular weight is 277 g/mol. The van der Waals surface area contributed by atoms with Crippen LogP contribution in [0.2, 0.25) is 0 Å². The van der Waals surface area contributed by atoms with E-state index in [1.807, 2.05) is 49.4 Å². The zero-order chi connectivity index (χ0) is 14.8. The first kappa shape index (κ1) is 13.1. The number of carbonyl (C=O) groups is 1. The molecule has 0 radical (unpaired) electrons. The third-order valence-electron chi connectivity index (χ3n) is 3.24. The van der Waals surface area contributed by atoms with E-state index >= 15 is 0 Å². The number of para-hydroxylation sites is 2. The summed E-state index contributed by atoms with van der Waals surface area (Å²) in [6, 6.07) is 16.7. The van der Waals surface area contributed by atoms with Gasteiger partial charge < -0.3 is 15.2 Å². The number of nitrogens with one attached hydrogen (secondary N) is 1. The van der Waals surface area contributed by atoms with Gasteiger partial charge in [-0.2, -0.15) is 0 Å². The Morgan fingerprint density at radius 2 is 1.86 bits per heavy atom. The monoisotopic (exact) mass is 277 g/mol. The van der Waals surface area contributed by atoms with E-state index in [-0.39, 0.29) is 5.56 Å². The molecule has 0 bridgehead atoms. The summed E-state index contributed by atoms with van der Waals surface area (Å²) < 4.78 is 0. The topological polar surface area (TPSA) is 65.0 Å². The lowest BCUT2D eigenvalue weighted by Gasteiger charge is -2.13. The van der Waals surface area contributed by atoms with E-state index in [0.29, 0.717) is 5.52 Å². The SMILES string of the molecule is Cc1cc(Nc2ccccc2)c2cccc(C(=O)[O-])c2n1. The van der Waals surface area contributed by atoms with Crippen molar-refractivity contribution >= 4 is 28.2 Å². The number of benzene rings is 2. The number of carboxylic acids is 1. The fraction of sp³-hybridized carbons (Fsp3) is 0.0588. The lowest BCUT2D eigenvalue weighted by molar-refractivity contribution is -0.254. The largest absolute Gasteiger partial charge is 0.545 e. The van der Waals surface area contributed by atoms with E-state index in [0.717, 1.165) is 22.5 Å². The molecular weight excluding hydrogens is 264 g/mol. The van der Waals surface area contributed by atoms with Gasteiger partial charge in [-0.25, -0.2) is 0 Å². The molecule has 4 nitrogen and oxygen atoms in total.